The Bertz CT molecular complexity index is 441. The molecule has 2 heterocycles. The van der Waals surface area contributed by atoms with Crippen LogP contribution in [-0.2, 0) is 20.7 Å². The van der Waals surface area contributed by atoms with E-state index in [1.54, 1.807) is 6.33 Å². The molecule has 2 rings (SSSR count). The molecule has 1 N–H and O–H groups in total. The molecule has 118 valence electrons. The van der Waals surface area contributed by atoms with Crippen LogP contribution < -0.4 is 5.32 Å². The van der Waals surface area contributed by atoms with E-state index in [-0.39, 0.29) is 18.6 Å². The highest BCUT2D eigenvalue weighted by atomic mass is 16.5. The van der Waals surface area contributed by atoms with Crippen LogP contribution in [0.15, 0.2) is 6.33 Å². The van der Waals surface area contributed by atoms with Crippen molar-refractivity contribution < 1.29 is 14.3 Å². The minimum Gasteiger partial charge on any atom is -0.376 e. The molecule has 1 atom stereocenters. The molecule has 21 heavy (non-hydrogen) atoms. The largest absolute Gasteiger partial charge is 0.376 e. The number of hydrogen-bond acceptors (Lipinski definition) is 5. The van der Waals surface area contributed by atoms with Gasteiger partial charge < -0.3 is 19.4 Å². The van der Waals surface area contributed by atoms with Crippen LogP contribution >= 0.6 is 0 Å². The van der Waals surface area contributed by atoms with Crippen molar-refractivity contribution in [2.45, 2.75) is 45.3 Å². The molecule has 1 aliphatic rings. The third-order valence-corrected chi connectivity index (χ3v) is 3.44. The first kappa shape index (κ1) is 15.9. The van der Waals surface area contributed by atoms with E-state index in [1.807, 2.05) is 4.57 Å². The van der Waals surface area contributed by atoms with Gasteiger partial charge in [0.15, 0.2) is 0 Å². The van der Waals surface area contributed by atoms with Gasteiger partial charge in [0.05, 0.1) is 12.7 Å². The number of rotatable bonds is 8. The number of nitrogens with one attached hydrogen (secondary N) is 1. The molecule has 1 saturated heterocycles. The normalized spacial score (nSPS) is 18.3. The summed E-state index contributed by atoms with van der Waals surface area (Å²) < 4.78 is 12.8. The summed E-state index contributed by atoms with van der Waals surface area (Å²) >= 11 is 0. The standard InChI is InChI=1S/C14H24N4O3/c1-11(2)18-10-16-17-13(18)5-6-15-14(19)9-20-8-12-4-3-7-21-12/h10-12H,3-9H2,1-2H3,(H,15,19). The number of aromatic nitrogens is 3. The van der Waals surface area contributed by atoms with Crippen molar-refractivity contribution >= 4 is 5.91 Å². The van der Waals surface area contributed by atoms with Gasteiger partial charge in [-0.2, -0.15) is 0 Å². The molecule has 0 radical (unpaired) electrons. The average Bonchev–Trinajstić information content (AvgIpc) is 3.09. The number of nitrogens with zero attached hydrogens (tertiary/aromatic N) is 3. The maximum absolute atomic E-state index is 11.6. The lowest BCUT2D eigenvalue weighted by atomic mass is 10.2. The molecule has 7 heteroatoms. The number of carbonyl (C=O) groups is 1. The SMILES string of the molecule is CC(C)n1cnnc1CCNC(=O)COCC1CCCO1. The van der Waals surface area contributed by atoms with Crippen molar-refractivity contribution in [1.29, 1.82) is 0 Å². The highest BCUT2D eigenvalue weighted by molar-refractivity contribution is 5.77. The van der Waals surface area contributed by atoms with Crippen molar-refractivity contribution in [2.75, 3.05) is 26.4 Å². The molecular formula is C14H24N4O3. The van der Waals surface area contributed by atoms with Crippen molar-refractivity contribution in [3.8, 4) is 0 Å². The summed E-state index contributed by atoms with van der Waals surface area (Å²) in [4.78, 5) is 11.6. The molecule has 0 aromatic carbocycles. The third-order valence-electron chi connectivity index (χ3n) is 3.44. The molecule has 1 aromatic heterocycles. The summed E-state index contributed by atoms with van der Waals surface area (Å²) in [5.74, 6) is 0.772. The summed E-state index contributed by atoms with van der Waals surface area (Å²) in [6.45, 7) is 6.06. The van der Waals surface area contributed by atoms with Gasteiger partial charge >= 0.3 is 0 Å². The molecule has 0 bridgehead atoms. The maximum atomic E-state index is 11.6. The van der Waals surface area contributed by atoms with Crippen LogP contribution in [0.3, 0.4) is 0 Å². The van der Waals surface area contributed by atoms with Gasteiger partial charge in [0.1, 0.15) is 18.8 Å². The Hall–Kier alpha value is -1.47. The Morgan fingerprint density at radius 3 is 3.19 bits per heavy atom. The van der Waals surface area contributed by atoms with Crippen LogP contribution in [0.4, 0.5) is 0 Å². The van der Waals surface area contributed by atoms with E-state index >= 15 is 0 Å². The lowest BCUT2D eigenvalue weighted by Crippen LogP contribution is -2.31. The highest BCUT2D eigenvalue weighted by Crippen LogP contribution is 2.11. The average molecular weight is 296 g/mol. The summed E-state index contributed by atoms with van der Waals surface area (Å²) in [5.41, 5.74) is 0. The predicted molar refractivity (Wildman–Crippen MR) is 76.9 cm³/mol. The molecular weight excluding hydrogens is 272 g/mol. The molecule has 0 saturated carbocycles. The van der Waals surface area contributed by atoms with Crippen molar-refractivity contribution in [1.82, 2.24) is 20.1 Å². The number of hydrogen-bond donors (Lipinski definition) is 1. The topological polar surface area (TPSA) is 78.3 Å². The quantitative estimate of drug-likeness (QED) is 0.764. The second-order valence-electron chi connectivity index (χ2n) is 5.50. The van der Waals surface area contributed by atoms with E-state index < -0.39 is 0 Å². The summed E-state index contributed by atoms with van der Waals surface area (Å²) in [5, 5.41) is 10.8. The lowest BCUT2D eigenvalue weighted by Gasteiger charge is -2.11. The Balaban J connectivity index is 1.59. The first-order valence-electron chi connectivity index (χ1n) is 7.51. The molecule has 0 aliphatic carbocycles. The third kappa shape index (κ3) is 5.09. The van der Waals surface area contributed by atoms with Gasteiger partial charge in [-0.3, -0.25) is 4.79 Å². The first-order valence-corrected chi connectivity index (χ1v) is 7.51. The fourth-order valence-corrected chi connectivity index (χ4v) is 2.30. The fraction of sp³-hybridized carbons (Fsp3) is 0.786. The van der Waals surface area contributed by atoms with E-state index in [4.69, 9.17) is 9.47 Å². The Morgan fingerprint density at radius 2 is 2.48 bits per heavy atom. The number of ether oxygens (including phenoxy) is 2. The molecule has 0 spiro atoms. The van der Waals surface area contributed by atoms with Crippen LogP contribution in [0, 0.1) is 0 Å². The zero-order valence-corrected chi connectivity index (χ0v) is 12.7. The Kier molecular flexibility index (Phi) is 6.13. The van der Waals surface area contributed by atoms with Crippen LogP contribution in [0.1, 0.15) is 38.6 Å². The van der Waals surface area contributed by atoms with Gasteiger partial charge in [0.25, 0.3) is 0 Å². The smallest absolute Gasteiger partial charge is 0.246 e. The molecule has 1 aliphatic heterocycles. The molecule has 1 aromatic rings. The number of amides is 1. The number of carbonyl (C=O) groups excluding carboxylic acids is 1. The predicted octanol–water partition coefficient (Wildman–Crippen LogP) is 0.713. The summed E-state index contributed by atoms with van der Waals surface area (Å²) in [6.07, 6.45) is 4.63. The zero-order valence-electron chi connectivity index (χ0n) is 12.7. The van der Waals surface area contributed by atoms with E-state index in [0.717, 1.165) is 25.3 Å². The van der Waals surface area contributed by atoms with Gasteiger partial charge in [0.2, 0.25) is 5.91 Å². The zero-order chi connectivity index (χ0) is 15.1. The van der Waals surface area contributed by atoms with E-state index in [9.17, 15) is 4.79 Å². The van der Waals surface area contributed by atoms with Gasteiger partial charge in [-0.25, -0.2) is 0 Å². The van der Waals surface area contributed by atoms with Gasteiger partial charge in [-0.15, -0.1) is 10.2 Å². The second-order valence-corrected chi connectivity index (χ2v) is 5.50. The van der Waals surface area contributed by atoms with Gasteiger partial charge in [-0.1, -0.05) is 0 Å². The van der Waals surface area contributed by atoms with E-state index in [1.165, 1.54) is 0 Å². The van der Waals surface area contributed by atoms with Gasteiger partial charge in [0, 0.05) is 25.6 Å². The van der Waals surface area contributed by atoms with Crippen LogP contribution in [0.25, 0.3) is 0 Å². The first-order chi connectivity index (χ1) is 10.2. The van der Waals surface area contributed by atoms with Crippen molar-refractivity contribution in [3.05, 3.63) is 12.2 Å². The minimum absolute atomic E-state index is 0.0801. The van der Waals surface area contributed by atoms with Crippen LogP contribution in [0.2, 0.25) is 0 Å². The Labute approximate surface area is 125 Å². The van der Waals surface area contributed by atoms with Gasteiger partial charge in [-0.05, 0) is 26.7 Å². The van der Waals surface area contributed by atoms with Crippen molar-refractivity contribution in [2.24, 2.45) is 0 Å². The maximum Gasteiger partial charge on any atom is 0.246 e. The van der Waals surface area contributed by atoms with E-state index in [0.29, 0.717) is 25.6 Å². The monoisotopic (exact) mass is 296 g/mol. The summed E-state index contributed by atoms with van der Waals surface area (Å²) in [7, 11) is 0. The minimum atomic E-state index is -0.108. The van der Waals surface area contributed by atoms with E-state index in [2.05, 4.69) is 29.4 Å². The molecule has 1 fully saturated rings. The van der Waals surface area contributed by atoms with Crippen molar-refractivity contribution in [3.63, 3.8) is 0 Å². The Morgan fingerprint density at radius 1 is 1.62 bits per heavy atom. The highest BCUT2D eigenvalue weighted by Gasteiger charge is 2.16. The molecule has 7 nitrogen and oxygen atoms in total. The molecule has 1 amide bonds. The fourth-order valence-electron chi connectivity index (χ4n) is 2.30. The molecule has 1 unspecified atom stereocenters. The lowest BCUT2D eigenvalue weighted by molar-refractivity contribution is -0.126. The summed E-state index contributed by atoms with van der Waals surface area (Å²) in [6, 6.07) is 0.320. The van der Waals surface area contributed by atoms with Crippen LogP contribution in [-0.4, -0.2) is 53.1 Å². The second kappa shape index (κ2) is 8.09. The van der Waals surface area contributed by atoms with Crippen LogP contribution in [0.5, 0.6) is 0 Å².